The maximum Gasteiger partial charge on any atom is 0.344 e. The van der Waals surface area contributed by atoms with Crippen molar-refractivity contribution in [1.29, 1.82) is 0 Å². The molecule has 3 nitrogen and oxygen atoms in total. The number of hydrogen-bond donors (Lipinski definition) is 1. The fourth-order valence-corrected chi connectivity index (χ4v) is 2.54. The van der Waals surface area contributed by atoms with Crippen LogP contribution in [0.2, 0.25) is 0 Å². The molecule has 1 rings (SSSR count). The second kappa shape index (κ2) is 12.1. The summed E-state index contributed by atoms with van der Waals surface area (Å²) < 4.78 is 5.55. The van der Waals surface area contributed by atoms with E-state index < -0.39 is 12.1 Å². The Morgan fingerprint density at radius 1 is 0.955 bits per heavy atom. The summed E-state index contributed by atoms with van der Waals surface area (Å²) in [6.45, 7) is 2.23. The number of carbonyl (C=O) groups is 1. The zero-order chi connectivity index (χ0) is 16.0. The molecule has 0 radical (unpaired) electrons. The number of carboxylic acids is 1. The minimum absolute atomic E-state index is 0.583. The molecule has 0 spiro atoms. The van der Waals surface area contributed by atoms with Crippen molar-refractivity contribution in [2.45, 2.75) is 77.2 Å². The first-order valence-electron chi connectivity index (χ1n) is 8.68. The Hall–Kier alpha value is -1.51. The summed E-state index contributed by atoms with van der Waals surface area (Å²) in [5, 5.41) is 9.23. The second-order valence-electron chi connectivity index (χ2n) is 5.87. The number of aliphatic carboxylic acids is 1. The molecule has 3 heteroatoms. The van der Waals surface area contributed by atoms with Crippen molar-refractivity contribution in [2.24, 2.45) is 0 Å². The van der Waals surface area contributed by atoms with E-state index in [1.807, 2.05) is 18.2 Å². The molecule has 22 heavy (non-hydrogen) atoms. The summed E-state index contributed by atoms with van der Waals surface area (Å²) in [4.78, 5) is 11.2. The van der Waals surface area contributed by atoms with Gasteiger partial charge in [-0.2, -0.15) is 0 Å². The molecule has 0 heterocycles. The van der Waals surface area contributed by atoms with Gasteiger partial charge in [0.2, 0.25) is 0 Å². The molecule has 0 fully saturated rings. The number of benzene rings is 1. The van der Waals surface area contributed by atoms with Crippen LogP contribution in [0.1, 0.15) is 71.1 Å². The van der Waals surface area contributed by atoms with E-state index in [1.165, 1.54) is 44.9 Å². The van der Waals surface area contributed by atoms with Gasteiger partial charge in [0, 0.05) is 0 Å². The Balaban J connectivity index is 2.11. The molecule has 0 amide bonds. The maximum atomic E-state index is 11.2. The zero-order valence-corrected chi connectivity index (χ0v) is 13.8. The average Bonchev–Trinajstić information content (AvgIpc) is 2.53. The van der Waals surface area contributed by atoms with Crippen molar-refractivity contribution in [2.75, 3.05) is 0 Å². The van der Waals surface area contributed by atoms with Crippen LogP contribution >= 0.6 is 0 Å². The van der Waals surface area contributed by atoms with Crippen molar-refractivity contribution in [3.63, 3.8) is 0 Å². The van der Waals surface area contributed by atoms with Gasteiger partial charge in [-0.1, -0.05) is 76.5 Å². The van der Waals surface area contributed by atoms with Crippen LogP contribution in [0, 0.1) is 0 Å². The van der Waals surface area contributed by atoms with Gasteiger partial charge in [0.25, 0.3) is 0 Å². The van der Waals surface area contributed by atoms with Gasteiger partial charge >= 0.3 is 5.97 Å². The Morgan fingerprint density at radius 3 is 2.05 bits per heavy atom. The highest BCUT2D eigenvalue weighted by atomic mass is 16.5. The van der Waals surface area contributed by atoms with Crippen molar-refractivity contribution >= 4 is 5.97 Å². The van der Waals surface area contributed by atoms with Gasteiger partial charge in [-0.3, -0.25) is 0 Å². The predicted molar refractivity (Wildman–Crippen MR) is 90.3 cm³/mol. The third-order valence-electron chi connectivity index (χ3n) is 3.87. The maximum absolute atomic E-state index is 11.2. The van der Waals surface area contributed by atoms with Crippen molar-refractivity contribution in [3.05, 3.63) is 30.3 Å². The molecule has 1 aromatic carbocycles. The largest absolute Gasteiger partial charge is 0.479 e. The van der Waals surface area contributed by atoms with Crippen LogP contribution in [0.25, 0.3) is 0 Å². The van der Waals surface area contributed by atoms with Crippen LogP contribution in [0.5, 0.6) is 5.75 Å². The normalized spacial score (nSPS) is 12.0. The van der Waals surface area contributed by atoms with E-state index in [-0.39, 0.29) is 0 Å². The molecule has 124 valence electrons. The molecule has 0 bridgehead atoms. The monoisotopic (exact) mass is 306 g/mol. The van der Waals surface area contributed by atoms with Gasteiger partial charge in [-0.15, -0.1) is 0 Å². The van der Waals surface area contributed by atoms with Crippen molar-refractivity contribution in [1.82, 2.24) is 0 Å². The standard InChI is InChI=1S/C19H30O3/c1-2-3-4-5-6-7-8-9-13-16-18(19(20)21)22-17-14-11-10-12-15-17/h10-12,14-15,18H,2-9,13,16H2,1H3,(H,20,21). The molecule has 1 N–H and O–H groups in total. The van der Waals surface area contributed by atoms with Crippen LogP contribution < -0.4 is 4.74 Å². The molecule has 1 unspecified atom stereocenters. The molecule has 0 saturated heterocycles. The lowest BCUT2D eigenvalue weighted by molar-refractivity contribution is -0.145. The highest BCUT2D eigenvalue weighted by Gasteiger charge is 2.18. The second-order valence-corrected chi connectivity index (χ2v) is 5.87. The van der Waals surface area contributed by atoms with E-state index in [4.69, 9.17) is 4.74 Å². The predicted octanol–water partition coefficient (Wildman–Crippen LogP) is 5.44. The fourth-order valence-electron chi connectivity index (χ4n) is 2.54. The third kappa shape index (κ3) is 8.71. The third-order valence-corrected chi connectivity index (χ3v) is 3.87. The molecule has 1 atom stereocenters. The van der Waals surface area contributed by atoms with Crippen LogP contribution in [0.3, 0.4) is 0 Å². The van der Waals surface area contributed by atoms with Gasteiger partial charge in [0.15, 0.2) is 6.10 Å². The fraction of sp³-hybridized carbons (Fsp3) is 0.632. The van der Waals surface area contributed by atoms with E-state index in [1.54, 1.807) is 12.1 Å². The van der Waals surface area contributed by atoms with E-state index in [0.29, 0.717) is 12.2 Å². The summed E-state index contributed by atoms with van der Waals surface area (Å²) in [5.74, 6) is -0.241. The topological polar surface area (TPSA) is 46.5 Å². The van der Waals surface area contributed by atoms with Crippen LogP contribution in [0.15, 0.2) is 30.3 Å². The van der Waals surface area contributed by atoms with Gasteiger partial charge in [-0.05, 0) is 25.0 Å². The summed E-state index contributed by atoms with van der Waals surface area (Å²) in [5.41, 5.74) is 0. The highest BCUT2D eigenvalue weighted by Crippen LogP contribution is 2.16. The van der Waals surface area contributed by atoms with Gasteiger partial charge in [0.05, 0.1) is 0 Å². The lowest BCUT2D eigenvalue weighted by Crippen LogP contribution is -2.26. The average molecular weight is 306 g/mol. The Morgan fingerprint density at radius 2 is 1.50 bits per heavy atom. The minimum Gasteiger partial charge on any atom is -0.479 e. The number of hydrogen-bond acceptors (Lipinski definition) is 2. The van der Waals surface area contributed by atoms with Crippen LogP contribution in [-0.4, -0.2) is 17.2 Å². The first kappa shape index (κ1) is 18.5. The molecule has 0 saturated carbocycles. The van der Waals surface area contributed by atoms with Crippen LogP contribution in [-0.2, 0) is 4.79 Å². The molecule has 0 aliphatic heterocycles. The first-order valence-corrected chi connectivity index (χ1v) is 8.68. The number of unbranched alkanes of at least 4 members (excludes halogenated alkanes) is 8. The first-order chi connectivity index (χ1) is 10.7. The van der Waals surface area contributed by atoms with E-state index in [2.05, 4.69) is 6.92 Å². The summed E-state index contributed by atoms with van der Waals surface area (Å²) in [7, 11) is 0. The Labute approximate surface area is 134 Å². The van der Waals surface area contributed by atoms with Gasteiger partial charge in [-0.25, -0.2) is 4.79 Å². The Kier molecular flexibility index (Phi) is 10.2. The lowest BCUT2D eigenvalue weighted by atomic mass is 10.1. The summed E-state index contributed by atoms with van der Waals surface area (Å²) >= 11 is 0. The quantitative estimate of drug-likeness (QED) is 0.494. The summed E-state index contributed by atoms with van der Waals surface area (Å²) in [6, 6.07) is 9.20. The lowest BCUT2D eigenvalue weighted by Gasteiger charge is -2.14. The number of rotatable bonds is 13. The van der Waals surface area contributed by atoms with Gasteiger partial charge < -0.3 is 9.84 Å². The number of para-hydroxylation sites is 1. The van der Waals surface area contributed by atoms with E-state index in [9.17, 15) is 9.90 Å². The highest BCUT2D eigenvalue weighted by molar-refractivity contribution is 5.72. The molecule has 0 aromatic heterocycles. The van der Waals surface area contributed by atoms with E-state index >= 15 is 0 Å². The minimum atomic E-state index is -0.872. The van der Waals surface area contributed by atoms with Gasteiger partial charge in [0.1, 0.15) is 5.75 Å². The molecule has 0 aliphatic rings. The van der Waals surface area contributed by atoms with Crippen molar-refractivity contribution in [3.8, 4) is 5.75 Å². The molecular formula is C19H30O3. The SMILES string of the molecule is CCCCCCCCCCCC(Oc1ccccc1)C(=O)O. The Bertz CT molecular complexity index is 389. The zero-order valence-electron chi connectivity index (χ0n) is 13.8. The van der Waals surface area contributed by atoms with Crippen molar-refractivity contribution < 1.29 is 14.6 Å². The molecule has 0 aliphatic carbocycles. The number of ether oxygens (including phenoxy) is 1. The molecule has 1 aromatic rings. The molecular weight excluding hydrogens is 276 g/mol. The smallest absolute Gasteiger partial charge is 0.344 e. The summed E-state index contributed by atoms with van der Waals surface area (Å²) in [6.07, 6.45) is 11.0. The van der Waals surface area contributed by atoms with E-state index in [0.717, 1.165) is 12.8 Å². The number of carboxylic acid groups (broad SMARTS) is 1. The van der Waals surface area contributed by atoms with Crippen LogP contribution in [0.4, 0.5) is 0 Å².